The van der Waals surface area contributed by atoms with Crippen molar-refractivity contribution in [2.24, 2.45) is 5.73 Å². The van der Waals surface area contributed by atoms with Crippen molar-refractivity contribution in [2.45, 2.75) is 56.5 Å². The maximum atomic E-state index is 6.14. The summed E-state index contributed by atoms with van der Waals surface area (Å²) in [5, 5.41) is 0. The summed E-state index contributed by atoms with van der Waals surface area (Å²) < 4.78 is 11.4. The number of hydrogen-bond acceptors (Lipinski definition) is 4. The lowest BCUT2D eigenvalue weighted by Gasteiger charge is -2.36. The van der Waals surface area contributed by atoms with Gasteiger partial charge in [0, 0.05) is 38.7 Å². The number of likely N-dealkylation sites (tertiary alicyclic amines) is 1. The van der Waals surface area contributed by atoms with Crippen molar-refractivity contribution in [3.63, 3.8) is 0 Å². The molecule has 1 aliphatic carbocycles. The van der Waals surface area contributed by atoms with Gasteiger partial charge in [0.05, 0.1) is 12.7 Å². The van der Waals surface area contributed by atoms with Gasteiger partial charge in [0.15, 0.2) is 0 Å². The lowest BCUT2D eigenvalue weighted by atomic mass is 9.69. The predicted octanol–water partition coefficient (Wildman–Crippen LogP) is 3.34. The van der Waals surface area contributed by atoms with Crippen LogP contribution in [0.4, 0.5) is 0 Å². The van der Waals surface area contributed by atoms with Crippen LogP contribution in [0.5, 0.6) is 5.75 Å². The van der Waals surface area contributed by atoms with Gasteiger partial charge in [-0.1, -0.05) is 31.4 Å². The molecule has 1 aliphatic heterocycles. The van der Waals surface area contributed by atoms with Gasteiger partial charge in [-0.15, -0.1) is 0 Å². The van der Waals surface area contributed by atoms with E-state index in [1.807, 2.05) is 7.11 Å². The van der Waals surface area contributed by atoms with Gasteiger partial charge in [0.1, 0.15) is 5.75 Å². The van der Waals surface area contributed by atoms with E-state index in [0.29, 0.717) is 6.10 Å². The number of hydrogen-bond donors (Lipinski definition) is 1. The number of benzene rings is 1. The zero-order chi connectivity index (χ0) is 17.5. The van der Waals surface area contributed by atoms with E-state index in [1.165, 1.54) is 37.7 Å². The van der Waals surface area contributed by atoms with Crippen LogP contribution in [-0.4, -0.2) is 50.9 Å². The van der Waals surface area contributed by atoms with E-state index in [4.69, 9.17) is 15.2 Å². The monoisotopic (exact) mass is 346 g/mol. The summed E-state index contributed by atoms with van der Waals surface area (Å²) in [5.41, 5.74) is 7.73. The fourth-order valence-corrected chi connectivity index (χ4v) is 4.41. The molecule has 25 heavy (non-hydrogen) atoms. The van der Waals surface area contributed by atoms with E-state index < -0.39 is 0 Å². The summed E-state index contributed by atoms with van der Waals surface area (Å²) in [4.78, 5) is 2.47. The first-order chi connectivity index (χ1) is 12.3. The quantitative estimate of drug-likeness (QED) is 0.734. The molecule has 1 aromatic carbocycles. The molecule has 4 heteroatoms. The van der Waals surface area contributed by atoms with Crippen LogP contribution in [0, 0.1) is 0 Å². The third kappa shape index (κ3) is 4.75. The van der Waals surface area contributed by atoms with Gasteiger partial charge >= 0.3 is 0 Å². The molecule has 0 amide bonds. The molecule has 2 N–H and O–H groups in total. The molecule has 0 spiro atoms. The Kier molecular flexibility index (Phi) is 6.74. The van der Waals surface area contributed by atoms with Crippen molar-refractivity contribution >= 4 is 0 Å². The van der Waals surface area contributed by atoms with Gasteiger partial charge in [-0.2, -0.15) is 0 Å². The molecule has 0 unspecified atom stereocenters. The molecule has 1 atom stereocenters. The normalized spacial score (nSPS) is 23.7. The molecule has 4 nitrogen and oxygen atoms in total. The molecular weight excluding hydrogens is 312 g/mol. The van der Waals surface area contributed by atoms with Crippen LogP contribution in [0.1, 0.15) is 50.5 Å². The van der Waals surface area contributed by atoms with Gasteiger partial charge in [-0.25, -0.2) is 0 Å². The van der Waals surface area contributed by atoms with Crippen molar-refractivity contribution < 1.29 is 9.47 Å². The van der Waals surface area contributed by atoms with Crippen LogP contribution in [0.3, 0.4) is 0 Å². The lowest BCUT2D eigenvalue weighted by molar-refractivity contribution is 0.107. The number of methoxy groups -OCH3 is 1. The second-order valence-electron chi connectivity index (χ2n) is 7.72. The van der Waals surface area contributed by atoms with E-state index in [-0.39, 0.29) is 5.41 Å². The number of rotatable bonds is 8. The predicted molar refractivity (Wildman–Crippen MR) is 102 cm³/mol. The molecule has 0 aromatic heterocycles. The first-order valence-electron chi connectivity index (χ1n) is 9.94. The lowest BCUT2D eigenvalue weighted by Crippen LogP contribution is -2.37. The van der Waals surface area contributed by atoms with E-state index >= 15 is 0 Å². The minimum Gasteiger partial charge on any atom is -0.494 e. The summed E-state index contributed by atoms with van der Waals surface area (Å²) in [5.74, 6) is 0.975. The SMILES string of the molecule is CO[C@H]1CCN(CCCOc2ccc(C3(CN)CCCCC3)cc2)C1. The summed E-state index contributed by atoms with van der Waals surface area (Å²) in [6.07, 6.45) is 9.04. The van der Waals surface area contributed by atoms with Gasteiger partial charge < -0.3 is 20.1 Å². The van der Waals surface area contributed by atoms with Crippen LogP contribution < -0.4 is 10.5 Å². The van der Waals surface area contributed by atoms with Crippen molar-refractivity contribution in [3.8, 4) is 5.75 Å². The Morgan fingerprint density at radius 2 is 1.92 bits per heavy atom. The second kappa shape index (κ2) is 9.02. The summed E-state index contributed by atoms with van der Waals surface area (Å²) >= 11 is 0. The first kappa shape index (κ1) is 18.7. The van der Waals surface area contributed by atoms with Gasteiger partial charge in [-0.05, 0) is 43.4 Å². The zero-order valence-corrected chi connectivity index (χ0v) is 15.7. The highest BCUT2D eigenvalue weighted by Gasteiger charge is 2.32. The van der Waals surface area contributed by atoms with Gasteiger partial charge in [-0.3, -0.25) is 0 Å². The molecule has 1 heterocycles. The van der Waals surface area contributed by atoms with Crippen molar-refractivity contribution in [1.82, 2.24) is 4.90 Å². The highest BCUT2D eigenvalue weighted by atomic mass is 16.5. The molecular formula is C21H34N2O2. The molecule has 2 aliphatic rings. The summed E-state index contributed by atoms with van der Waals surface area (Å²) in [7, 11) is 1.81. The average molecular weight is 347 g/mol. The third-order valence-electron chi connectivity index (χ3n) is 6.12. The van der Waals surface area contributed by atoms with E-state index in [9.17, 15) is 0 Å². The Morgan fingerprint density at radius 3 is 2.56 bits per heavy atom. The van der Waals surface area contributed by atoms with Crippen molar-refractivity contribution in [3.05, 3.63) is 29.8 Å². The standard InChI is InChI=1S/C21H34N2O2/c1-24-20-10-14-23(16-20)13-5-15-25-19-8-6-18(7-9-19)21(17-22)11-3-2-4-12-21/h6-9,20H,2-5,10-17,22H2,1H3/t20-/m0/s1. The van der Waals surface area contributed by atoms with E-state index in [2.05, 4.69) is 29.2 Å². The molecule has 0 bridgehead atoms. The molecule has 1 aromatic rings. The minimum absolute atomic E-state index is 0.199. The summed E-state index contributed by atoms with van der Waals surface area (Å²) in [6, 6.07) is 8.71. The Balaban J connectivity index is 1.43. The number of nitrogens with zero attached hydrogens (tertiary/aromatic N) is 1. The maximum absolute atomic E-state index is 6.14. The largest absolute Gasteiger partial charge is 0.494 e. The Morgan fingerprint density at radius 1 is 1.16 bits per heavy atom. The van der Waals surface area contributed by atoms with Crippen molar-refractivity contribution in [2.75, 3.05) is 39.9 Å². The fourth-order valence-electron chi connectivity index (χ4n) is 4.41. The molecule has 3 rings (SSSR count). The van der Waals surface area contributed by atoms with Crippen LogP contribution in [0.25, 0.3) is 0 Å². The van der Waals surface area contributed by atoms with Crippen LogP contribution >= 0.6 is 0 Å². The van der Waals surface area contributed by atoms with Crippen LogP contribution in [0.15, 0.2) is 24.3 Å². The molecule has 0 radical (unpaired) electrons. The topological polar surface area (TPSA) is 47.7 Å². The Labute approximate surface area is 152 Å². The Hall–Kier alpha value is -1.10. The molecule has 140 valence electrons. The molecule has 1 saturated carbocycles. The highest BCUT2D eigenvalue weighted by Crippen LogP contribution is 2.39. The maximum Gasteiger partial charge on any atom is 0.119 e. The van der Waals surface area contributed by atoms with Crippen molar-refractivity contribution in [1.29, 1.82) is 0 Å². The fraction of sp³-hybridized carbons (Fsp3) is 0.714. The highest BCUT2D eigenvalue weighted by molar-refractivity contribution is 5.33. The van der Waals surface area contributed by atoms with E-state index in [1.54, 1.807) is 0 Å². The summed E-state index contributed by atoms with van der Waals surface area (Å²) in [6.45, 7) is 4.83. The van der Waals surface area contributed by atoms with Gasteiger partial charge in [0.25, 0.3) is 0 Å². The molecule has 2 fully saturated rings. The van der Waals surface area contributed by atoms with Gasteiger partial charge in [0.2, 0.25) is 0 Å². The zero-order valence-electron chi connectivity index (χ0n) is 15.7. The smallest absolute Gasteiger partial charge is 0.119 e. The second-order valence-corrected chi connectivity index (χ2v) is 7.72. The molecule has 1 saturated heterocycles. The number of ether oxygens (including phenoxy) is 2. The average Bonchev–Trinajstić information content (AvgIpc) is 3.14. The van der Waals surface area contributed by atoms with Crippen LogP contribution in [-0.2, 0) is 10.2 Å². The minimum atomic E-state index is 0.199. The van der Waals surface area contributed by atoms with Crippen LogP contribution in [0.2, 0.25) is 0 Å². The number of nitrogens with two attached hydrogens (primary N) is 1. The third-order valence-corrected chi connectivity index (χ3v) is 6.12. The van der Waals surface area contributed by atoms with E-state index in [0.717, 1.165) is 51.4 Å². The first-order valence-corrected chi connectivity index (χ1v) is 9.94. The Bertz CT molecular complexity index is 511.